The molecule has 0 unspecified atom stereocenters. The minimum Gasteiger partial charge on any atom is -0.497 e. The summed E-state index contributed by atoms with van der Waals surface area (Å²) in [5.74, 6) is -0.673. The standard InChI is InChI=1S/C25H21FN2O3/c1-15-4-5-17(14-16(15)2)22-23(27-19-8-6-18(26)7-9-19)25(30)28(24(22)29)20-10-12-21(31-3)13-11-20/h4-14,27H,1-3H3. The number of methoxy groups -OCH3 is 1. The smallest absolute Gasteiger partial charge is 0.282 e. The molecule has 6 heteroatoms. The Hall–Kier alpha value is -3.93. The number of imide groups is 1. The van der Waals surface area contributed by atoms with Gasteiger partial charge in [0.25, 0.3) is 11.8 Å². The molecule has 0 aliphatic carbocycles. The van der Waals surface area contributed by atoms with E-state index in [0.717, 1.165) is 16.0 Å². The van der Waals surface area contributed by atoms with Crippen LogP contribution in [0.1, 0.15) is 16.7 Å². The SMILES string of the molecule is COc1ccc(N2C(=O)C(Nc3ccc(F)cc3)=C(c3ccc(C)c(C)c3)C2=O)cc1. The lowest BCUT2D eigenvalue weighted by Gasteiger charge is -2.16. The fourth-order valence-corrected chi connectivity index (χ4v) is 3.45. The monoisotopic (exact) mass is 416 g/mol. The van der Waals surface area contributed by atoms with Crippen LogP contribution in [0, 0.1) is 19.7 Å². The Morgan fingerprint density at radius 1 is 0.839 bits per heavy atom. The highest BCUT2D eigenvalue weighted by molar-refractivity contribution is 6.46. The molecule has 0 radical (unpaired) electrons. The molecule has 2 amide bonds. The Morgan fingerprint density at radius 2 is 1.52 bits per heavy atom. The van der Waals surface area contributed by atoms with Gasteiger partial charge in [-0.25, -0.2) is 9.29 Å². The number of nitrogens with one attached hydrogen (secondary N) is 1. The predicted octanol–water partition coefficient (Wildman–Crippen LogP) is 4.85. The number of hydrogen-bond donors (Lipinski definition) is 1. The Bertz CT molecular complexity index is 1200. The predicted molar refractivity (Wildman–Crippen MR) is 118 cm³/mol. The van der Waals surface area contributed by atoms with Gasteiger partial charge < -0.3 is 10.1 Å². The van der Waals surface area contributed by atoms with Crippen molar-refractivity contribution >= 4 is 28.8 Å². The molecule has 0 spiro atoms. The largest absolute Gasteiger partial charge is 0.497 e. The Balaban J connectivity index is 1.81. The molecule has 0 saturated heterocycles. The highest BCUT2D eigenvalue weighted by atomic mass is 19.1. The first-order valence-electron chi connectivity index (χ1n) is 9.76. The highest BCUT2D eigenvalue weighted by Crippen LogP contribution is 2.35. The summed E-state index contributed by atoms with van der Waals surface area (Å²) in [6, 6.07) is 18.0. The number of aryl methyl sites for hydroxylation is 2. The first-order chi connectivity index (χ1) is 14.9. The summed E-state index contributed by atoms with van der Waals surface area (Å²) in [6.07, 6.45) is 0. The number of nitrogens with zero attached hydrogens (tertiary/aromatic N) is 1. The van der Waals surface area contributed by atoms with Crippen LogP contribution in [-0.2, 0) is 9.59 Å². The van der Waals surface area contributed by atoms with Crippen molar-refractivity contribution in [3.8, 4) is 5.75 Å². The lowest BCUT2D eigenvalue weighted by molar-refractivity contribution is -0.120. The normalized spacial score (nSPS) is 13.7. The second kappa shape index (κ2) is 8.07. The van der Waals surface area contributed by atoms with Crippen molar-refractivity contribution in [3.63, 3.8) is 0 Å². The van der Waals surface area contributed by atoms with Gasteiger partial charge in [-0.3, -0.25) is 9.59 Å². The number of ether oxygens (including phenoxy) is 1. The van der Waals surface area contributed by atoms with Gasteiger partial charge in [0, 0.05) is 5.69 Å². The van der Waals surface area contributed by atoms with E-state index < -0.39 is 11.8 Å². The van der Waals surface area contributed by atoms with Gasteiger partial charge in [0.05, 0.1) is 18.4 Å². The quantitative estimate of drug-likeness (QED) is 0.604. The van der Waals surface area contributed by atoms with Crippen molar-refractivity contribution in [3.05, 3.63) is 94.9 Å². The van der Waals surface area contributed by atoms with Gasteiger partial charge in [0.2, 0.25) is 0 Å². The van der Waals surface area contributed by atoms with Crippen LogP contribution >= 0.6 is 0 Å². The third kappa shape index (κ3) is 3.80. The van der Waals surface area contributed by atoms with Gasteiger partial charge >= 0.3 is 0 Å². The zero-order valence-corrected chi connectivity index (χ0v) is 17.4. The average Bonchev–Trinajstić information content (AvgIpc) is 3.01. The zero-order valence-electron chi connectivity index (χ0n) is 17.4. The van der Waals surface area contributed by atoms with Crippen LogP contribution in [0.25, 0.3) is 5.57 Å². The highest BCUT2D eigenvalue weighted by Gasteiger charge is 2.40. The number of hydrogen-bond acceptors (Lipinski definition) is 4. The first kappa shape index (κ1) is 20.3. The number of anilines is 2. The molecule has 0 bridgehead atoms. The summed E-state index contributed by atoms with van der Waals surface area (Å²) in [7, 11) is 1.55. The van der Waals surface area contributed by atoms with Crippen molar-refractivity contribution in [1.82, 2.24) is 0 Å². The van der Waals surface area contributed by atoms with Gasteiger partial charge in [0.15, 0.2) is 0 Å². The summed E-state index contributed by atoms with van der Waals surface area (Å²) in [6.45, 7) is 3.94. The maximum atomic E-state index is 13.4. The van der Waals surface area contributed by atoms with Gasteiger partial charge in [-0.2, -0.15) is 0 Å². The van der Waals surface area contributed by atoms with Crippen LogP contribution in [0.4, 0.5) is 15.8 Å². The molecule has 31 heavy (non-hydrogen) atoms. The van der Waals surface area contributed by atoms with Crippen LogP contribution in [0.2, 0.25) is 0 Å². The van der Waals surface area contributed by atoms with Crippen LogP contribution in [0.3, 0.4) is 0 Å². The molecule has 3 aromatic carbocycles. The Kier molecular flexibility index (Phi) is 5.29. The van der Waals surface area contributed by atoms with Gasteiger partial charge in [-0.15, -0.1) is 0 Å². The van der Waals surface area contributed by atoms with Crippen molar-refractivity contribution in [1.29, 1.82) is 0 Å². The molecule has 1 aliphatic rings. The van der Waals surface area contributed by atoms with E-state index in [2.05, 4.69) is 5.32 Å². The van der Waals surface area contributed by atoms with E-state index in [1.165, 1.54) is 24.3 Å². The van der Waals surface area contributed by atoms with Crippen molar-refractivity contribution in [2.45, 2.75) is 13.8 Å². The molecule has 5 nitrogen and oxygen atoms in total. The number of benzene rings is 3. The summed E-state index contributed by atoms with van der Waals surface area (Å²) in [4.78, 5) is 27.9. The summed E-state index contributed by atoms with van der Waals surface area (Å²) >= 11 is 0. The van der Waals surface area contributed by atoms with Crippen LogP contribution < -0.4 is 15.0 Å². The molecule has 1 aliphatic heterocycles. The Morgan fingerprint density at radius 3 is 2.13 bits per heavy atom. The molecule has 0 atom stereocenters. The third-order valence-electron chi connectivity index (χ3n) is 5.32. The number of rotatable bonds is 5. The molecular weight excluding hydrogens is 395 g/mol. The van der Waals surface area contributed by atoms with Crippen LogP contribution in [-0.4, -0.2) is 18.9 Å². The number of halogens is 1. The minimum atomic E-state index is -0.479. The maximum absolute atomic E-state index is 13.4. The fourth-order valence-electron chi connectivity index (χ4n) is 3.45. The van der Waals surface area contributed by atoms with E-state index in [4.69, 9.17) is 4.74 Å². The van der Waals surface area contributed by atoms with Crippen LogP contribution in [0.15, 0.2) is 72.4 Å². The zero-order chi connectivity index (χ0) is 22.1. The van der Waals surface area contributed by atoms with Gasteiger partial charge in [-0.1, -0.05) is 18.2 Å². The molecule has 0 saturated carbocycles. The number of amides is 2. The van der Waals surface area contributed by atoms with Gasteiger partial charge in [-0.05, 0) is 79.1 Å². The van der Waals surface area contributed by atoms with E-state index in [-0.39, 0.29) is 17.1 Å². The van der Waals surface area contributed by atoms with Crippen molar-refractivity contribution in [2.75, 3.05) is 17.3 Å². The topological polar surface area (TPSA) is 58.6 Å². The first-order valence-corrected chi connectivity index (χ1v) is 9.76. The molecule has 0 fully saturated rings. The molecule has 0 aromatic heterocycles. The Labute approximate surface area is 179 Å². The second-order valence-electron chi connectivity index (χ2n) is 7.32. The molecule has 156 valence electrons. The lowest BCUT2D eigenvalue weighted by atomic mass is 9.99. The van der Waals surface area contributed by atoms with Crippen molar-refractivity contribution < 1.29 is 18.7 Å². The number of carbonyl (C=O) groups excluding carboxylic acids is 2. The summed E-state index contributed by atoms with van der Waals surface area (Å²) < 4.78 is 18.5. The minimum absolute atomic E-state index is 0.149. The maximum Gasteiger partial charge on any atom is 0.282 e. The molecular formula is C25H21FN2O3. The fraction of sp³-hybridized carbons (Fsp3) is 0.120. The van der Waals surface area contributed by atoms with E-state index in [0.29, 0.717) is 22.7 Å². The van der Waals surface area contributed by atoms with Crippen LogP contribution in [0.5, 0.6) is 5.75 Å². The molecule has 1 N–H and O–H groups in total. The summed E-state index contributed by atoms with van der Waals surface area (Å²) in [5.41, 5.74) is 4.10. The molecule has 1 heterocycles. The lowest BCUT2D eigenvalue weighted by Crippen LogP contribution is -2.32. The van der Waals surface area contributed by atoms with Gasteiger partial charge in [0.1, 0.15) is 17.3 Å². The molecule has 3 aromatic rings. The van der Waals surface area contributed by atoms with Crippen molar-refractivity contribution in [2.24, 2.45) is 0 Å². The van der Waals surface area contributed by atoms with E-state index in [9.17, 15) is 14.0 Å². The summed E-state index contributed by atoms with van der Waals surface area (Å²) in [5, 5.41) is 3.03. The van der Waals surface area contributed by atoms with E-state index >= 15 is 0 Å². The average molecular weight is 416 g/mol. The molecule has 4 rings (SSSR count). The van der Waals surface area contributed by atoms with E-state index in [1.54, 1.807) is 31.4 Å². The second-order valence-corrected chi connectivity index (χ2v) is 7.32. The van der Waals surface area contributed by atoms with E-state index in [1.807, 2.05) is 32.0 Å². The number of carbonyl (C=O) groups is 2. The third-order valence-corrected chi connectivity index (χ3v) is 5.32.